The molecule has 18 heavy (non-hydrogen) atoms. The number of aliphatic hydroxyl groups excluding tert-OH is 1. The fraction of sp³-hybridized carbons (Fsp3) is 0.385. The van der Waals surface area contributed by atoms with E-state index in [4.69, 9.17) is 21.3 Å². The fourth-order valence-electron chi connectivity index (χ4n) is 2.59. The second kappa shape index (κ2) is 4.19. The highest BCUT2D eigenvalue weighted by molar-refractivity contribution is 5.94. The summed E-state index contributed by atoms with van der Waals surface area (Å²) in [7, 11) is 0. The molecule has 0 aliphatic carbocycles. The third-order valence-electron chi connectivity index (χ3n) is 3.49. The van der Waals surface area contributed by atoms with Crippen LogP contribution in [0.4, 0.5) is 11.4 Å². The number of aliphatic hydroxyl groups is 1. The molecule has 0 spiro atoms. The predicted octanol–water partition coefficient (Wildman–Crippen LogP) is 1.48. The van der Waals surface area contributed by atoms with Gasteiger partial charge in [-0.3, -0.25) is 0 Å². The van der Waals surface area contributed by atoms with Crippen molar-refractivity contribution in [1.29, 1.82) is 0 Å². The van der Waals surface area contributed by atoms with Crippen LogP contribution >= 0.6 is 0 Å². The van der Waals surface area contributed by atoms with Crippen molar-refractivity contribution >= 4 is 22.3 Å². The smallest absolute Gasteiger partial charge is 0.134 e. The van der Waals surface area contributed by atoms with Crippen LogP contribution in [0.15, 0.2) is 24.4 Å². The molecular formula is C13H17N3O2. The van der Waals surface area contributed by atoms with Crippen molar-refractivity contribution in [2.24, 2.45) is 0 Å². The summed E-state index contributed by atoms with van der Waals surface area (Å²) in [5.74, 6) is 0. The molecule has 1 aliphatic heterocycles. The summed E-state index contributed by atoms with van der Waals surface area (Å²) in [6.07, 6.45) is 3.62. The van der Waals surface area contributed by atoms with Gasteiger partial charge < -0.3 is 25.9 Å². The molecule has 0 saturated carbocycles. The van der Waals surface area contributed by atoms with E-state index in [1.54, 1.807) is 6.07 Å². The molecule has 96 valence electrons. The summed E-state index contributed by atoms with van der Waals surface area (Å²) in [6, 6.07) is 5.64. The summed E-state index contributed by atoms with van der Waals surface area (Å²) >= 11 is 0. The minimum atomic E-state index is -0.0640. The zero-order valence-corrected chi connectivity index (χ0v) is 10.0. The second-order valence-corrected chi connectivity index (χ2v) is 4.74. The van der Waals surface area contributed by atoms with Gasteiger partial charge >= 0.3 is 0 Å². The molecule has 0 radical (unpaired) electrons. The molecule has 2 atom stereocenters. The van der Waals surface area contributed by atoms with Crippen LogP contribution < -0.4 is 11.5 Å². The van der Waals surface area contributed by atoms with Crippen LogP contribution in [0.2, 0.25) is 0 Å². The number of nitrogens with two attached hydrogens (primary N) is 2. The monoisotopic (exact) mass is 247 g/mol. The molecule has 1 saturated heterocycles. The van der Waals surface area contributed by atoms with Gasteiger partial charge in [-0.1, -0.05) is 0 Å². The van der Waals surface area contributed by atoms with Gasteiger partial charge in [-0.15, -0.1) is 0 Å². The first-order chi connectivity index (χ1) is 8.69. The molecule has 3 rings (SSSR count). The van der Waals surface area contributed by atoms with Crippen LogP contribution in [-0.4, -0.2) is 22.4 Å². The van der Waals surface area contributed by atoms with Gasteiger partial charge in [0, 0.05) is 23.0 Å². The van der Waals surface area contributed by atoms with E-state index in [9.17, 15) is 0 Å². The largest absolute Gasteiger partial charge is 0.399 e. The van der Waals surface area contributed by atoms with Crippen molar-refractivity contribution in [3.05, 3.63) is 24.4 Å². The molecule has 5 nitrogen and oxygen atoms in total. The van der Waals surface area contributed by atoms with E-state index in [0.717, 1.165) is 23.7 Å². The number of rotatable bonds is 2. The predicted molar refractivity (Wildman–Crippen MR) is 71.0 cm³/mol. The maximum Gasteiger partial charge on any atom is 0.134 e. The van der Waals surface area contributed by atoms with Crippen molar-refractivity contribution in [3.8, 4) is 0 Å². The molecule has 1 aliphatic rings. The lowest BCUT2D eigenvalue weighted by Crippen LogP contribution is -2.13. The third kappa shape index (κ3) is 1.72. The van der Waals surface area contributed by atoms with Crippen molar-refractivity contribution in [1.82, 2.24) is 4.57 Å². The lowest BCUT2D eigenvalue weighted by molar-refractivity contribution is -0.0202. The summed E-state index contributed by atoms with van der Waals surface area (Å²) in [5, 5.41) is 10.1. The van der Waals surface area contributed by atoms with E-state index in [1.807, 2.05) is 22.9 Å². The lowest BCUT2D eigenvalue weighted by atomic mass is 10.2. The number of hydrogen-bond donors (Lipinski definition) is 3. The van der Waals surface area contributed by atoms with E-state index in [-0.39, 0.29) is 18.9 Å². The number of nitrogens with zero attached hydrogens (tertiary/aromatic N) is 1. The Hall–Kier alpha value is -1.72. The van der Waals surface area contributed by atoms with Gasteiger partial charge in [0.15, 0.2) is 0 Å². The fourth-order valence-corrected chi connectivity index (χ4v) is 2.59. The van der Waals surface area contributed by atoms with Crippen molar-refractivity contribution < 1.29 is 9.84 Å². The minimum Gasteiger partial charge on any atom is -0.399 e. The van der Waals surface area contributed by atoms with Crippen molar-refractivity contribution in [3.63, 3.8) is 0 Å². The number of anilines is 2. The number of fused-ring (bicyclic) bond motifs is 1. The average Bonchev–Trinajstić information content (AvgIpc) is 2.93. The zero-order chi connectivity index (χ0) is 12.7. The van der Waals surface area contributed by atoms with Gasteiger partial charge in [-0.05, 0) is 31.0 Å². The third-order valence-corrected chi connectivity index (χ3v) is 3.49. The highest BCUT2D eigenvalue weighted by Gasteiger charge is 2.26. The molecule has 1 aromatic carbocycles. The van der Waals surface area contributed by atoms with Crippen LogP contribution in [0.1, 0.15) is 19.1 Å². The topological polar surface area (TPSA) is 86.4 Å². The van der Waals surface area contributed by atoms with E-state index >= 15 is 0 Å². The Labute approximate surface area is 105 Å². The molecule has 2 aromatic rings. The maximum atomic E-state index is 9.11. The Kier molecular flexibility index (Phi) is 2.65. The number of hydrogen-bond acceptors (Lipinski definition) is 4. The Balaban J connectivity index is 2.03. The molecule has 0 bridgehead atoms. The number of ether oxygens (including phenoxy) is 1. The van der Waals surface area contributed by atoms with Gasteiger partial charge in [0.2, 0.25) is 0 Å². The second-order valence-electron chi connectivity index (χ2n) is 4.74. The molecule has 0 amide bonds. The van der Waals surface area contributed by atoms with E-state index in [0.29, 0.717) is 11.4 Å². The maximum absolute atomic E-state index is 9.11. The Morgan fingerprint density at radius 2 is 2.17 bits per heavy atom. The molecule has 2 heterocycles. The van der Waals surface area contributed by atoms with Crippen LogP contribution in [0.5, 0.6) is 0 Å². The summed E-state index contributed by atoms with van der Waals surface area (Å²) in [6.45, 7) is 0.0694. The zero-order valence-electron chi connectivity index (χ0n) is 10.0. The number of benzene rings is 1. The first-order valence-corrected chi connectivity index (χ1v) is 6.11. The highest BCUT2D eigenvalue weighted by atomic mass is 16.5. The van der Waals surface area contributed by atoms with Gasteiger partial charge in [0.1, 0.15) is 6.23 Å². The minimum absolute atomic E-state index is 0.0409. The first kappa shape index (κ1) is 11.4. The van der Waals surface area contributed by atoms with Crippen LogP contribution in [0, 0.1) is 0 Å². The first-order valence-electron chi connectivity index (χ1n) is 6.11. The van der Waals surface area contributed by atoms with Crippen molar-refractivity contribution in [2.45, 2.75) is 25.2 Å². The number of nitrogen functional groups attached to an aromatic ring is 2. The molecule has 5 N–H and O–H groups in total. The summed E-state index contributed by atoms with van der Waals surface area (Å²) in [5.41, 5.74) is 14.1. The van der Waals surface area contributed by atoms with E-state index in [2.05, 4.69) is 0 Å². The van der Waals surface area contributed by atoms with Crippen LogP contribution in [-0.2, 0) is 4.74 Å². The van der Waals surface area contributed by atoms with E-state index < -0.39 is 0 Å². The van der Waals surface area contributed by atoms with Gasteiger partial charge in [-0.25, -0.2) is 0 Å². The standard InChI is InChI=1S/C13H17N3O2/c14-8-5-11(15)10-3-4-16(12(10)6-8)13-2-1-9(7-17)18-13/h3-6,9,13,17H,1-2,7,14-15H2/t9-,13+/m0/s1. The average molecular weight is 247 g/mol. The molecular weight excluding hydrogens is 230 g/mol. The Morgan fingerprint density at radius 3 is 2.89 bits per heavy atom. The van der Waals surface area contributed by atoms with Crippen molar-refractivity contribution in [2.75, 3.05) is 18.1 Å². The Bertz CT molecular complexity index is 579. The normalized spacial score (nSPS) is 23.8. The van der Waals surface area contributed by atoms with E-state index in [1.165, 1.54) is 0 Å². The highest BCUT2D eigenvalue weighted by Crippen LogP contribution is 2.34. The molecule has 0 unspecified atom stereocenters. The summed E-state index contributed by atoms with van der Waals surface area (Å²) in [4.78, 5) is 0. The quantitative estimate of drug-likeness (QED) is 0.701. The van der Waals surface area contributed by atoms with Gasteiger partial charge in [-0.2, -0.15) is 0 Å². The molecule has 1 aromatic heterocycles. The molecule has 1 fully saturated rings. The number of aromatic nitrogens is 1. The van der Waals surface area contributed by atoms with Gasteiger partial charge in [0.05, 0.1) is 18.2 Å². The Morgan fingerprint density at radius 1 is 1.33 bits per heavy atom. The lowest BCUT2D eigenvalue weighted by Gasteiger charge is -2.15. The summed E-state index contributed by atoms with van der Waals surface area (Å²) < 4.78 is 7.81. The van der Waals surface area contributed by atoms with Gasteiger partial charge in [0.25, 0.3) is 0 Å². The SMILES string of the molecule is Nc1cc(N)c2ccn([C@H]3CC[C@@H](CO)O3)c2c1. The van der Waals surface area contributed by atoms with Crippen LogP contribution in [0.3, 0.4) is 0 Å². The van der Waals surface area contributed by atoms with Crippen LogP contribution in [0.25, 0.3) is 10.9 Å². The molecule has 5 heteroatoms.